The molecule has 0 saturated heterocycles. The third-order valence-electron chi connectivity index (χ3n) is 1.73. The lowest BCUT2D eigenvalue weighted by molar-refractivity contribution is -0.274. The van der Waals surface area contributed by atoms with Crippen LogP contribution in [0.5, 0.6) is 5.75 Å². The second-order valence-corrected chi connectivity index (χ2v) is 2.86. The second-order valence-electron chi connectivity index (χ2n) is 2.86. The highest BCUT2D eigenvalue weighted by atomic mass is 19.4. The zero-order valence-corrected chi connectivity index (χ0v) is 8.25. The number of aromatic nitrogens is 1. The number of nitrogen functional groups attached to an aromatic ring is 1. The number of rotatable bonds is 2. The van der Waals surface area contributed by atoms with Crippen LogP contribution in [0.3, 0.4) is 0 Å². The lowest BCUT2D eigenvalue weighted by Gasteiger charge is -2.13. The van der Waals surface area contributed by atoms with Crippen LogP contribution < -0.4 is 10.5 Å². The molecule has 1 aromatic heterocycles. The number of nitriles is 2. The van der Waals surface area contributed by atoms with Gasteiger partial charge in [0.15, 0.2) is 5.75 Å². The quantitative estimate of drug-likeness (QED) is 0.847. The van der Waals surface area contributed by atoms with Crippen molar-refractivity contribution in [2.24, 2.45) is 0 Å². The fourth-order valence-corrected chi connectivity index (χ4v) is 1.07. The van der Waals surface area contributed by atoms with Gasteiger partial charge in [0.05, 0.1) is 23.9 Å². The summed E-state index contributed by atoms with van der Waals surface area (Å²) in [6.07, 6.45) is -4.36. The van der Waals surface area contributed by atoms with Crippen LogP contribution in [0.2, 0.25) is 0 Å². The van der Waals surface area contributed by atoms with Crippen molar-refractivity contribution in [2.45, 2.75) is 12.8 Å². The largest absolute Gasteiger partial charge is 0.573 e. The first-order chi connectivity index (χ1) is 7.89. The van der Waals surface area contributed by atoms with Gasteiger partial charge in [0.1, 0.15) is 11.6 Å². The van der Waals surface area contributed by atoms with Crippen LogP contribution in [0.15, 0.2) is 6.20 Å². The molecule has 0 aliphatic rings. The zero-order chi connectivity index (χ0) is 13.1. The smallest absolute Gasteiger partial charge is 0.402 e. The van der Waals surface area contributed by atoms with Gasteiger partial charge in [-0.1, -0.05) is 0 Å². The summed E-state index contributed by atoms with van der Waals surface area (Å²) < 4.78 is 39.9. The van der Waals surface area contributed by atoms with Crippen molar-refractivity contribution >= 4 is 5.69 Å². The number of hydrogen-bond donors (Lipinski definition) is 1. The summed E-state index contributed by atoms with van der Waals surface area (Å²) in [5, 5.41) is 17.0. The van der Waals surface area contributed by atoms with Crippen molar-refractivity contribution in [3.05, 3.63) is 17.5 Å². The molecule has 1 aromatic rings. The topological polar surface area (TPSA) is 95.7 Å². The predicted octanol–water partition coefficient (Wildman–Crippen LogP) is 1.50. The lowest BCUT2D eigenvalue weighted by Crippen LogP contribution is -2.19. The molecule has 88 valence electrons. The van der Waals surface area contributed by atoms with Crippen LogP contribution in [-0.2, 0) is 6.42 Å². The van der Waals surface area contributed by atoms with Gasteiger partial charge in [-0.2, -0.15) is 10.5 Å². The number of halogens is 3. The first kappa shape index (κ1) is 12.6. The molecule has 0 aliphatic carbocycles. The molecule has 17 heavy (non-hydrogen) atoms. The third-order valence-corrected chi connectivity index (χ3v) is 1.73. The Kier molecular flexibility index (Phi) is 3.39. The molecule has 1 rings (SSSR count). The van der Waals surface area contributed by atoms with E-state index in [1.54, 1.807) is 6.07 Å². The molecule has 0 bridgehead atoms. The van der Waals surface area contributed by atoms with Gasteiger partial charge in [-0.05, 0) is 0 Å². The Bertz CT molecular complexity index is 513. The van der Waals surface area contributed by atoms with Gasteiger partial charge in [0.2, 0.25) is 0 Å². The molecule has 8 heteroatoms. The maximum absolute atomic E-state index is 12.1. The van der Waals surface area contributed by atoms with E-state index >= 15 is 0 Å². The van der Waals surface area contributed by atoms with Crippen molar-refractivity contribution < 1.29 is 17.9 Å². The molecule has 0 fully saturated rings. The van der Waals surface area contributed by atoms with E-state index in [1.165, 1.54) is 6.07 Å². The van der Waals surface area contributed by atoms with Gasteiger partial charge >= 0.3 is 6.36 Å². The summed E-state index contributed by atoms with van der Waals surface area (Å²) in [6, 6.07) is 3.17. The Morgan fingerprint density at radius 2 is 2.06 bits per heavy atom. The van der Waals surface area contributed by atoms with Gasteiger partial charge in [-0.15, -0.1) is 13.2 Å². The fraction of sp³-hybridized carbons (Fsp3) is 0.222. The van der Waals surface area contributed by atoms with E-state index in [9.17, 15) is 13.2 Å². The van der Waals surface area contributed by atoms with Crippen molar-refractivity contribution in [1.29, 1.82) is 10.5 Å². The molecule has 0 saturated carbocycles. The highest BCUT2D eigenvalue weighted by Crippen LogP contribution is 2.33. The van der Waals surface area contributed by atoms with Gasteiger partial charge in [0, 0.05) is 6.20 Å². The van der Waals surface area contributed by atoms with Gasteiger partial charge < -0.3 is 10.5 Å². The highest BCUT2D eigenvalue weighted by molar-refractivity contribution is 5.63. The SMILES string of the molecule is N#CCc1ncc(C#N)c(OC(F)(F)F)c1N. The summed E-state index contributed by atoms with van der Waals surface area (Å²) in [6.45, 7) is 0. The van der Waals surface area contributed by atoms with E-state index in [4.69, 9.17) is 16.3 Å². The van der Waals surface area contributed by atoms with Crippen molar-refractivity contribution in [3.8, 4) is 17.9 Å². The minimum Gasteiger partial charge on any atom is -0.402 e. The molecular weight excluding hydrogens is 237 g/mol. The Hall–Kier alpha value is -2.48. The summed E-state index contributed by atoms with van der Waals surface area (Å²) in [7, 11) is 0. The average molecular weight is 242 g/mol. The standard InChI is InChI=1S/C9H5F3N4O/c10-9(11,12)17-8-5(3-14)4-16-6(1-2-13)7(8)15/h4H,1,15H2. The molecule has 0 spiro atoms. The molecule has 2 N–H and O–H groups in total. The molecule has 0 atom stereocenters. The van der Waals surface area contributed by atoms with Gasteiger partial charge in [-0.25, -0.2) is 0 Å². The number of ether oxygens (including phenoxy) is 1. The number of alkyl halides is 3. The number of nitrogens with two attached hydrogens (primary N) is 1. The average Bonchev–Trinajstić information content (AvgIpc) is 2.23. The highest BCUT2D eigenvalue weighted by Gasteiger charge is 2.34. The number of pyridine rings is 1. The number of nitrogens with zero attached hydrogens (tertiary/aromatic N) is 3. The van der Waals surface area contributed by atoms with E-state index in [0.29, 0.717) is 0 Å². The van der Waals surface area contributed by atoms with E-state index in [1.807, 2.05) is 0 Å². The van der Waals surface area contributed by atoms with Crippen LogP contribution in [0, 0.1) is 22.7 Å². The zero-order valence-electron chi connectivity index (χ0n) is 8.25. The van der Waals surface area contributed by atoms with Crippen molar-refractivity contribution in [2.75, 3.05) is 5.73 Å². The molecule has 5 nitrogen and oxygen atoms in total. The maximum Gasteiger partial charge on any atom is 0.573 e. The van der Waals surface area contributed by atoms with Crippen LogP contribution in [-0.4, -0.2) is 11.3 Å². The van der Waals surface area contributed by atoms with Gasteiger partial charge in [0.25, 0.3) is 0 Å². The number of anilines is 1. The van der Waals surface area contributed by atoms with Crippen LogP contribution >= 0.6 is 0 Å². The molecule has 1 heterocycles. The third kappa shape index (κ3) is 2.98. The van der Waals surface area contributed by atoms with Crippen LogP contribution in [0.1, 0.15) is 11.3 Å². The monoisotopic (exact) mass is 242 g/mol. The van der Waals surface area contributed by atoms with Crippen molar-refractivity contribution in [3.63, 3.8) is 0 Å². The molecule has 0 aromatic carbocycles. The molecule has 0 aliphatic heterocycles. The first-order valence-corrected chi connectivity index (χ1v) is 4.19. The maximum atomic E-state index is 12.1. The van der Waals surface area contributed by atoms with Crippen LogP contribution in [0.25, 0.3) is 0 Å². The van der Waals surface area contributed by atoms with E-state index in [2.05, 4.69) is 9.72 Å². The Morgan fingerprint density at radius 1 is 1.41 bits per heavy atom. The normalized spacial score (nSPS) is 10.4. The molecule has 0 unspecified atom stereocenters. The Labute approximate surface area is 93.8 Å². The minimum absolute atomic E-state index is 0.0641. The van der Waals surface area contributed by atoms with E-state index in [0.717, 1.165) is 6.20 Å². The summed E-state index contributed by atoms with van der Waals surface area (Å²) >= 11 is 0. The lowest BCUT2D eigenvalue weighted by atomic mass is 10.2. The summed E-state index contributed by atoms with van der Waals surface area (Å²) in [5.74, 6) is -0.819. The Morgan fingerprint density at radius 3 is 2.53 bits per heavy atom. The van der Waals surface area contributed by atoms with Gasteiger partial charge in [-0.3, -0.25) is 4.98 Å². The molecule has 0 radical (unpaired) electrons. The van der Waals surface area contributed by atoms with E-state index in [-0.39, 0.29) is 12.1 Å². The predicted molar refractivity (Wildman–Crippen MR) is 49.4 cm³/mol. The van der Waals surface area contributed by atoms with Crippen molar-refractivity contribution in [1.82, 2.24) is 4.98 Å². The summed E-state index contributed by atoms with van der Waals surface area (Å²) in [4.78, 5) is 3.61. The first-order valence-electron chi connectivity index (χ1n) is 4.19. The Balaban J connectivity index is 3.30. The minimum atomic E-state index is -4.97. The fourth-order valence-electron chi connectivity index (χ4n) is 1.07. The molecular formula is C9H5F3N4O. The van der Waals surface area contributed by atoms with E-state index < -0.39 is 23.4 Å². The molecule has 0 amide bonds. The summed E-state index contributed by atoms with van der Waals surface area (Å²) in [5.41, 5.74) is 4.40. The number of hydrogen-bond acceptors (Lipinski definition) is 5. The van der Waals surface area contributed by atoms with Crippen LogP contribution in [0.4, 0.5) is 18.9 Å². The second kappa shape index (κ2) is 4.58.